The Morgan fingerprint density at radius 2 is 1.92 bits per heavy atom. The van der Waals surface area contributed by atoms with Crippen molar-refractivity contribution in [2.24, 2.45) is 7.05 Å². The smallest absolute Gasteiger partial charge is 0.185 e. The zero-order valence-electron chi connectivity index (χ0n) is 14.0. The first-order valence-electron chi connectivity index (χ1n) is 7.89. The van der Waals surface area contributed by atoms with Gasteiger partial charge in [0.2, 0.25) is 0 Å². The lowest BCUT2D eigenvalue weighted by Gasteiger charge is -2.06. The number of carbonyl (C=O) groups is 1. The van der Waals surface area contributed by atoms with E-state index < -0.39 is 17.4 Å². The standard InChI is InChI=1S/C20H16F2N2O2/c1-24-11-10-23-20(24)13-26-16-6-2-14(3-7-16)4-9-19(25)15-5-8-17(21)18(22)12-15/h2-12H,13H2,1H3. The number of aryl methyl sites for hydroxylation is 1. The average Bonchev–Trinajstić information content (AvgIpc) is 3.06. The minimum atomic E-state index is -1.04. The number of nitrogens with zero attached hydrogens (tertiary/aromatic N) is 2. The zero-order valence-corrected chi connectivity index (χ0v) is 14.0. The number of ether oxygens (including phenoxy) is 1. The quantitative estimate of drug-likeness (QED) is 0.493. The third-order valence-corrected chi connectivity index (χ3v) is 3.80. The third-order valence-electron chi connectivity index (χ3n) is 3.80. The highest BCUT2D eigenvalue weighted by Gasteiger charge is 2.07. The first kappa shape index (κ1) is 17.5. The van der Waals surface area contributed by atoms with Crippen LogP contribution in [-0.4, -0.2) is 15.3 Å². The van der Waals surface area contributed by atoms with Gasteiger partial charge in [-0.25, -0.2) is 13.8 Å². The number of halogens is 2. The third kappa shape index (κ3) is 4.22. The largest absolute Gasteiger partial charge is 0.486 e. The Bertz CT molecular complexity index is 947. The summed E-state index contributed by atoms with van der Waals surface area (Å²) in [4.78, 5) is 16.2. The highest BCUT2D eigenvalue weighted by Crippen LogP contribution is 2.15. The molecule has 0 atom stereocenters. The molecule has 2 aromatic carbocycles. The van der Waals surface area contributed by atoms with Crippen molar-refractivity contribution in [3.8, 4) is 5.75 Å². The van der Waals surface area contributed by atoms with Crippen molar-refractivity contribution in [2.75, 3.05) is 0 Å². The normalized spacial score (nSPS) is 11.0. The summed E-state index contributed by atoms with van der Waals surface area (Å²) in [5.74, 6) is -0.938. The molecule has 132 valence electrons. The fourth-order valence-electron chi connectivity index (χ4n) is 2.28. The first-order valence-corrected chi connectivity index (χ1v) is 7.89. The summed E-state index contributed by atoms with van der Waals surface area (Å²) >= 11 is 0. The molecular weight excluding hydrogens is 338 g/mol. The predicted molar refractivity (Wildman–Crippen MR) is 93.7 cm³/mol. The molecule has 0 amide bonds. The van der Waals surface area contributed by atoms with Gasteiger partial charge in [0.1, 0.15) is 18.2 Å². The van der Waals surface area contributed by atoms with E-state index in [-0.39, 0.29) is 5.56 Å². The molecule has 0 aliphatic heterocycles. The molecule has 1 heterocycles. The van der Waals surface area contributed by atoms with Crippen LogP contribution in [0.5, 0.6) is 5.75 Å². The number of ketones is 1. The summed E-state index contributed by atoms with van der Waals surface area (Å²) in [5, 5.41) is 0. The molecular formula is C20H16F2N2O2. The molecule has 0 N–H and O–H groups in total. The number of aromatic nitrogens is 2. The summed E-state index contributed by atoms with van der Waals surface area (Å²) in [7, 11) is 1.89. The number of carbonyl (C=O) groups excluding carboxylic acids is 1. The fourth-order valence-corrected chi connectivity index (χ4v) is 2.28. The molecule has 0 spiro atoms. The van der Waals surface area contributed by atoms with Gasteiger partial charge in [-0.05, 0) is 42.0 Å². The Hall–Kier alpha value is -3.28. The summed E-state index contributed by atoms with van der Waals surface area (Å²) in [6, 6.07) is 10.2. The van der Waals surface area contributed by atoms with Crippen molar-refractivity contribution in [3.63, 3.8) is 0 Å². The van der Waals surface area contributed by atoms with Gasteiger partial charge in [0.05, 0.1) is 0 Å². The van der Waals surface area contributed by atoms with Crippen LogP contribution < -0.4 is 4.74 Å². The monoisotopic (exact) mass is 354 g/mol. The average molecular weight is 354 g/mol. The Labute approximate surface area is 149 Å². The Kier molecular flexibility index (Phi) is 5.22. The summed E-state index contributed by atoms with van der Waals surface area (Å²) in [6.07, 6.45) is 6.47. The Morgan fingerprint density at radius 3 is 2.58 bits per heavy atom. The van der Waals surface area contributed by atoms with E-state index >= 15 is 0 Å². The van der Waals surface area contributed by atoms with Gasteiger partial charge in [0.25, 0.3) is 0 Å². The van der Waals surface area contributed by atoms with Crippen molar-refractivity contribution in [1.29, 1.82) is 0 Å². The van der Waals surface area contributed by atoms with E-state index in [1.54, 1.807) is 36.5 Å². The SMILES string of the molecule is Cn1ccnc1COc1ccc(C=CC(=O)c2ccc(F)c(F)c2)cc1. The Morgan fingerprint density at radius 1 is 1.15 bits per heavy atom. The number of rotatable bonds is 6. The van der Waals surface area contributed by atoms with Crippen molar-refractivity contribution >= 4 is 11.9 Å². The minimum absolute atomic E-state index is 0.0928. The van der Waals surface area contributed by atoms with Crippen molar-refractivity contribution < 1.29 is 18.3 Å². The van der Waals surface area contributed by atoms with Crippen molar-refractivity contribution in [3.05, 3.63) is 89.5 Å². The maximum absolute atomic E-state index is 13.2. The highest BCUT2D eigenvalue weighted by molar-refractivity contribution is 6.06. The molecule has 0 bridgehead atoms. The topological polar surface area (TPSA) is 44.1 Å². The molecule has 3 aromatic rings. The molecule has 6 heteroatoms. The fraction of sp³-hybridized carbons (Fsp3) is 0.100. The van der Waals surface area contributed by atoms with Gasteiger partial charge in [0.15, 0.2) is 17.4 Å². The van der Waals surface area contributed by atoms with Crippen LogP contribution >= 0.6 is 0 Å². The van der Waals surface area contributed by atoms with Crippen molar-refractivity contribution in [2.45, 2.75) is 6.61 Å². The molecule has 4 nitrogen and oxygen atoms in total. The molecule has 0 unspecified atom stereocenters. The van der Waals surface area contributed by atoms with Crippen LogP contribution in [0.2, 0.25) is 0 Å². The van der Waals surface area contributed by atoms with E-state index in [0.717, 1.165) is 23.5 Å². The minimum Gasteiger partial charge on any atom is -0.486 e. The molecule has 0 saturated carbocycles. The van der Waals surface area contributed by atoms with Gasteiger partial charge < -0.3 is 9.30 Å². The van der Waals surface area contributed by atoms with Crippen LogP contribution in [0.4, 0.5) is 8.78 Å². The van der Waals surface area contributed by atoms with Crippen LogP contribution in [-0.2, 0) is 13.7 Å². The van der Waals surface area contributed by atoms with Crippen molar-refractivity contribution in [1.82, 2.24) is 9.55 Å². The lowest BCUT2D eigenvalue weighted by atomic mass is 10.1. The van der Waals surface area contributed by atoms with E-state index in [1.807, 2.05) is 17.8 Å². The van der Waals surface area contributed by atoms with Crippen LogP contribution in [0.1, 0.15) is 21.7 Å². The van der Waals surface area contributed by atoms with Gasteiger partial charge in [-0.3, -0.25) is 4.79 Å². The molecule has 0 radical (unpaired) electrons. The van der Waals surface area contributed by atoms with E-state index in [1.165, 1.54) is 12.1 Å². The van der Waals surface area contributed by atoms with Gasteiger partial charge in [-0.15, -0.1) is 0 Å². The van der Waals surface area contributed by atoms with Crippen LogP contribution in [0.15, 0.2) is 60.9 Å². The molecule has 0 aliphatic rings. The first-order chi connectivity index (χ1) is 12.5. The molecule has 26 heavy (non-hydrogen) atoms. The summed E-state index contributed by atoms with van der Waals surface area (Å²) in [6.45, 7) is 0.354. The second kappa shape index (κ2) is 7.74. The second-order valence-electron chi connectivity index (χ2n) is 5.64. The molecule has 3 rings (SSSR count). The molecule has 0 aliphatic carbocycles. The summed E-state index contributed by atoms with van der Waals surface area (Å²) in [5.41, 5.74) is 0.875. The van der Waals surface area contributed by atoms with Gasteiger partial charge in [-0.1, -0.05) is 18.2 Å². The number of hydrogen-bond acceptors (Lipinski definition) is 3. The maximum atomic E-state index is 13.2. The second-order valence-corrected chi connectivity index (χ2v) is 5.64. The van der Waals surface area contributed by atoms with E-state index in [2.05, 4.69) is 4.98 Å². The Balaban J connectivity index is 1.61. The molecule has 0 fully saturated rings. The number of allylic oxidation sites excluding steroid dienone is 1. The summed E-state index contributed by atoms with van der Waals surface area (Å²) < 4.78 is 33.6. The van der Waals surface area contributed by atoms with E-state index in [4.69, 9.17) is 4.74 Å². The van der Waals surface area contributed by atoms with E-state index in [0.29, 0.717) is 12.4 Å². The van der Waals surface area contributed by atoms with Crippen LogP contribution in [0, 0.1) is 11.6 Å². The number of benzene rings is 2. The highest BCUT2D eigenvalue weighted by atomic mass is 19.2. The molecule has 1 aromatic heterocycles. The van der Waals surface area contributed by atoms with Gasteiger partial charge in [-0.2, -0.15) is 0 Å². The van der Waals surface area contributed by atoms with Crippen LogP contribution in [0.3, 0.4) is 0 Å². The number of imidazole rings is 1. The lowest BCUT2D eigenvalue weighted by Crippen LogP contribution is -2.02. The lowest BCUT2D eigenvalue weighted by molar-refractivity contribution is 0.104. The van der Waals surface area contributed by atoms with Gasteiger partial charge >= 0.3 is 0 Å². The maximum Gasteiger partial charge on any atom is 0.185 e. The van der Waals surface area contributed by atoms with Crippen LogP contribution in [0.25, 0.3) is 6.08 Å². The van der Waals surface area contributed by atoms with E-state index in [9.17, 15) is 13.6 Å². The molecule has 0 saturated heterocycles. The predicted octanol–water partition coefficient (Wildman–Crippen LogP) is 4.17. The number of hydrogen-bond donors (Lipinski definition) is 0. The van der Waals surface area contributed by atoms with Gasteiger partial charge in [0, 0.05) is 25.0 Å². The zero-order chi connectivity index (χ0) is 18.5.